The molecule has 86 valence electrons. The molecule has 0 bridgehead atoms. The molecule has 0 aliphatic carbocycles. The van der Waals surface area contributed by atoms with Gasteiger partial charge in [0.05, 0.1) is 6.54 Å². The highest BCUT2D eigenvalue weighted by Gasteiger charge is 2.04. The van der Waals surface area contributed by atoms with Gasteiger partial charge in [-0.1, -0.05) is 0 Å². The molecule has 2 rings (SSSR count). The lowest BCUT2D eigenvalue weighted by atomic mass is 10.3. The van der Waals surface area contributed by atoms with Crippen molar-refractivity contribution in [3.05, 3.63) is 33.5 Å². The van der Waals surface area contributed by atoms with Gasteiger partial charge in [-0.2, -0.15) is 0 Å². The highest BCUT2D eigenvalue weighted by molar-refractivity contribution is 7.10. The molecule has 16 heavy (non-hydrogen) atoms. The molecule has 0 aromatic carbocycles. The van der Waals surface area contributed by atoms with E-state index in [9.17, 15) is 0 Å². The molecule has 0 aliphatic rings. The molecular weight excluding hydrogens is 220 g/mol. The zero-order valence-corrected chi connectivity index (χ0v) is 10.6. The number of rotatable bonds is 4. The lowest BCUT2D eigenvalue weighted by Gasteiger charge is -2.04. The SMILES string of the molecule is Cc1ccsc1CNCc1nnc(C)n1C. The van der Waals surface area contributed by atoms with Gasteiger partial charge in [0.25, 0.3) is 0 Å². The minimum atomic E-state index is 0.759. The topological polar surface area (TPSA) is 42.7 Å². The van der Waals surface area contributed by atoms with Crippen molar-refractivity contribution in [3.8, 4) is 0 Å². The van der Waals surface area contributed by atoms with E-state index in [4.69, 9.17) is 0 Å². The van der Waals surface area contributed by atoms with Gasteiger partial charge >= 0.3 is 0 Å². The molecule has 0 saturated carbocycles. The number of aryl methyl sites for hydroxylation is 2. The zero-order valence-electron chi connectivity index (χ0n) is 9.82. The van der Waals surface area contributed by atoms with E-state index in [1.54, 1.807) is 11.3 Å². The van der Waals surface area contributed by atoms with Crippen molar-refractivity contribution in [2.24, 2.45) is 7.05 Å². The first kappa shape index (κ1) is 11.3. The summed E-state index contributed by atoms with van der Waals surface area (Å²) >= 11 is 1.79. The predicted octanol–water partition coefficient (Wildman–Crippen LogP) is 1.78. The minimum absolute atomic E-state index is 0.759. The summed E-state index contributed by atoms with van der Waals surface area (Å²) in [6.07, 6.45) is 0. The summed E-state index contributed by atoms with van der Waals surface area (Å²) in [6, 6.07) is 2.15. The van der Waals surface area contributed by atoms with Crippen LogP contribution in [0.5, 0.6) is 0 Å². The quantitative estimate of drug-likeness (QED) is 0.880. The van der Waals surface area contributed by atoms with E-state index in [1.807, 2.05) is 18.5 Å². The van der Waals surface area contributed by atoms with Crippen LogP contribution in [0.25, 0.3) is 0 Å². The van der Waals surface area contributed by atoms with Crippen LogP contribution in [0, 0.1) is 13.8 Å². The van der Waals surface area contributed by atoms with Crippen LogP contribution >= 0.6 is 11.3 Å². The monoisotopic (exact) mass is 236 g/mol. The van der Waals surface area contributed by atoms with Crippen LogP contribution in [0.15, 0.2) is 11.4 Å². The van der Waals surface area contributed by atoms with Crippen LogP contribution in [-0.4, -0.2) is 14.8 Å². The fourth-order valence-corrected chi connectivity index (χ4v) is 2.35. The van der Waals surface area contributed by atoms with Crippen molar-refractivity contribution in [3.63, 3.8) is 0 Å². The molecule has 2 aromatic heterocycles. The molecule has 4 nitrogen and oxygen atoms in total. The van der Waals surface area contributed by atoms with Gasteiger partial charge in [-0.15, -0.1) is 21.5 Å². The molecule has 0 atom stereocenters. The fourth-order valence-electron chi connectivity index (χ4n) is 1.48. The van der Waals surface area contributed by atoms with Crippen molar-refractivity contribution >= 4 is 11.3 Å². The Kier molecular flexibility index (Phi) is 3.36. The second-order valence-electron chi connectivity index (χ2n) is 3.85. The summed E-state index contributed by atoms with van der Waals surface area (Å²) in [7, 11) is 1.99. The lowest BCUT2D eigenvalue weighted by Crippen LogP contribution is -2.15. The standard InChI is InChI=1S/C11H16N4S/c1-8-4-5-16-10(8)6-12-7-11-14-13-9(2)15(11)3/h4-5,12H,6-7H2,1-3H3. The molecule has 5 heteroatoms. The molecule has 0 amide bonds. The molecule has 0 spiro atoms. The van der Waals surface area contributed by atoms with E-state index in [0.717, 1.165) is 24.7 Å². The first-order valence-corrected chi connectivity index (χ1v) is 6.15. The molecule has 1 N–H and O–H groups in total. The Hall–Kier alpha value is -1.20. The van der Waals surface area contributed by atoms with Gasteiger partial charge < -0.3 is 9.88 Å². The number of aromatic nitrogens is 3. The van der Waals surface area contributed by atoms with E-state index in [2.05, 4.69) is 33.9 Å². The molecule has 0 saturated heterocycles. The molecular formula is C11H16N4S. The van der Waals surface area contributed by atoms with Gasteiger partial charge in [0, 0.05) is 18.5 Å². The Morgan fingerprint density at radius 2 is 2.12 bits per heavy atom. The maximum Gasteiger partial charge on any atom is 0.146 e. The van der Waals surface area contributed by atoms with E-state index >= 15 is 0 Å². The number of thiophene rings is 1. The third kappa shape index (κ3) is 2.31. The van der Waals surface area contributed by atoms with Crippen molar-refractivity contribution < 1.29 is 0 Å². The minimum Gasteiger partial charge on any atom is -0.317 e. The average molecular weight is 236 g/mol. The summed E-state index contributed by atoms with van der Waals surface area (Å²) in [5.41, 5.74) is 1.35. The summed E-state index contributed by atoms with van der Waals surface area (Å²) < 4.78 is 2.01. The Morgan fingerprint density at radius 3 is 2.69 bits per heavy atom. The third-order valence-electron chi connectivity index (χ3n) is 2.72. The summed E-state index contributed by atoms with van der Waals surface area (Å²) in [6.45, 7) is 5.75. The fraction of sp³-hybridized carbons (Fsp3) is 0.455. The summed E-state index contributed by atoms with van der Waals surface area (Å²) in [5, 5.41) is 13.6. The third-order valence-corrected chi connectivity index (χ3v) is 3.74. The number of hydrogen-bond donors (Lipinski definition) is 1. The molecule has 2 heterocycles. The van der Waals surface area contributed by atoms with E-state index in [-0.39, 0.29) is 0 Å². The van der Waals surface area contributed by atoms with E-state index < -0.39 is 0 Å². The van der Waals surface area contributed by atoms with Crippen LogP contribution in [0.3, 0.4) is 0 Å². The second kappa shape index (κ2) is 4.76. The Morgan fingerprint density at radius 1 is 1.31 bits per heavy atom. The highest BCUT2D eigenvalue weighted by atomic mass is 32.1. The smallest absolute Gasteiger partial charge is 0.146 e. The van der Waals surface area contributed by atoms with Gasteiger partial charge in [0.1, 0.15) is 11.6 Å². The first-order chi connectivity index (χ1) is 7.68. The largest absolute Gasteiger partial charge is 0.317 e. The lowest BCUT2D eigenvalue weighted by molar-refractivity contribution is 0.637. The van der Waals surface area contributed by atoms with Gasteiger partial charge in [0.2, 0.25) is 0 Å². The van der Waals surface area contributed by atoms with Gasteiger partial charge in [0.15, 0.2) is 0 Å². The van der Waals surface area contributed by atoms with E-state index in [0.29, 0.717) is 0 Å². The van der Waals surface area contributed by atoms with Crippen LogP contribution in [0.2, 0.25) is 0 Å². The molecule has 0 aliphatic heterocycles. The van der Waals surface area contributed by atoms with Crippen molar-refractivity contribution in [1.82, 2.24) is 20.1 Å². The van der Waals surface area contributed by atoms with Gasteiger partial charge in [-0.3, -0.25) is 0 Å². The predicted molar refractivity (Wildman–Crippen MR) is 65.3 cm³/mol. The van der Waals surface area contributed by atoms with Crippen LogP contribution in [-0.2, 0) is 20.1 Å². The average Bonchev–Trinajstić information content (AvgIpc) is 2.80. The number of hydrogen-bond acceptors (Lipinski definition) is 4. The number of nitrogens with one attached hydrogen (secondary N) is 1. The van der Waals surface area contributed by atoms with Crippen LogP contribution in [0.1, 0.15) is 22.1 Å². The Labute approximate surface area is 99.3 Å². The van der Waals surface area contributed by atoms with Crippen molar-refractivity contribution in [1.29, 1.82) is 0 Å². The second-order valence-corrected chi connectivity index (χ2v) is 4.85. The normalized spacial score (nSPS) is 10.9. The van der Waals surface area contributed by atoms with Crippen molar-refractivity contribution in [2.45, 2.75) is 26.9 Å². The van der Waals surface area contributed by atoms with E-state index in [1.165, 1.54) is 10.4 Å². The Balaban J connectivity index is 1.89. The molecule has 2 aromatic rings. The maximum atomic E-state index is 4.11. The maximum absolute atomic E-state index is 4.11. The Bertz CT molecular complexity index is 472. The van der Waals surface area contributed by atoms with Crippen LogP contribution < -0.4 is 5.32 Å². The van der Waals surface area contributed by atoms with Crippen molar-refractivity contribution in [2.75, 3.05) is 0 Å². The highest BCUT2D eigenvalue weighted by Crippen LogP contribution is 2.14. The summed E-state index contributed by atoms with van der Waals surface area (Å²) in [5.74, 6) is 1.93. The molecule has 0 radical (unpaired) electrons. The van der Waals surface area contributed by atoms with Crippen LogP contribution in [0.4, 0.5) is 0 Å². The summed E-state index contributed by atoms with van der Waals surface area (Å²) in [4.78, 5) is 1.39. The number of nitrogens with zero attached hydrogens (tertiary/aromatic N) is 3. The van der Waals surface area contributed by atoms with Gasteiger partial charge in [-0.25, -0.2) is 0 Å². The molecule has 0 unspecified atom stereocenters. The zero-order chi connectivity index (χ0) is 11.5. The molecule has 0 fully saturated rings. The van der Waals surface area contributed by atoms with Gasteiger partial charge in [-0.05, 0) is 30.9 Å². The first-order valence-electron chi connectivity index (χ1n) is 5.27.